The van der Waals surface area contributed by atoms with Gasteiger partial charge in [0, 0.05) is 38.9 Å². The molecule has 1 aliphatic rings. The van der Waals surface area contributed by atoms with Gasteiger partial charge in [-0.2, -0.15) is 0 Å². The van der Waals surface area contributed by atoms with E-state index in [0.717, 1.165) is 38.4 Å². The van der Waals surface area contributed by atoms with E-state index < -0.39 is 0 Å². The summed E-state index contributed by atoms with van der Waals surface area (Å²) in [6.07, 6.45) is 5.25. The number of aromatic nitrogens is 1. The molecule has 0 aromatic carbocycles. The Bertz CT molecular complexity index is 408. The van der Waals surface area contributed by atoms with E-state index in [1.165, 1.54) is 0 Å². The Morgan fingerprint density at radius 3 is 2.72 bits per heavy atom. The third kappa shape index (κ3) is 3.40. The van der Waals surface area contributed by atoms with E-state index in [-0.39, 0.29) is 5.91 Å². The number of nitrogens with zero attached hydrogens (tertiary/aromatic N) is 3. The standard InChI is InChI=1S/C14H19N3O/c1-2-5-14(18)17-10-8-16(9-11-17)12-13-6-3-4-7-15-13/h2-7H,8-12H2,1H3. The molecule has 0 atom stereocenters. The molecular formula is C14H19N3O. The monoisotopic (exact) mass is 245 g/mol. The quantitative estimate of drug-likeness (QED) is 0.753. The van der Waals surface area contributed by atoms with Gasteiger partial charge in [-0.25, -0.2) is 0 Å². The summed E-state index contributed by atoms with van der Waals surface area (Å²) in [5.74, 6) is 0.120. The molecule has 1 aliphatic heterocycles. The highest BCUT2D eigenvalue weighted by Crippen LogP contribution is 2.07. The van der Waals surface area contributed by atoms with Crippen LogP contribution in [0.1, 0.15) is 12.6 Å². The maximum atomic E-state index is 11.7. The van der Waals surface area contributed by atoms with Gasteiger partial charge in [0.15, 0.2) is 0 Å². The van der Waals surface area contributed by atoms with Crippen LogP contribution in [-0.4, -0.2) is 46.9 Å². The van der Waals surface area contributed by atoms with Crippen LogP contribution in [-0.2, 0) is 11.3 Å². The Kier molecular flexibility index (Phi) is 4.47. The van der Waals surface area contributed by atoms with Crippen LogP contribution in [0.3, 0.4) is 0 Å². The van der Waals surface area contributed by atoms with Crippen LogP contribution in [0.5, 0.6) is 0 Å². The number of carbonyl (C=O) groups excluding carboxylic acids is 1. The Balaban J connectivity index is 1.82. The van der Waals surface area contributed by atoms with E-state index in [4.69, 9.17) is 0 Å². The number of pyridine rings is 1. The summed E-state index contributed by atoms with van der Waals surface area (Å²) in [5.41, 5.74) is 1.09. The summed E-state index contributed by atoms with van der Waals surface area (Å²) in [6.45, 7) is 6.17. The molecule has 2 rings (SSSR count). The second kappa shape index (κ2) is 6.31. The number of rotatable bonds is 3. The highest BCUT2D eigenvalue weighted by molar-refractivity contribution is 5.87. The largest absolute Gasteiger partial charge is 0.337 e. The maximum absolute atomic E-state index is 11.7. The third-order valence-electron chi connectivity index (χ3n) is 3.10. The summed E-state index contributed by atoms with van der Waals surface area (Å²) in [4.78, 5) is 20.2. The number of hydrogen-bond donors (Lipinski definition) is 0. The number of piperazine rings is 1. The van der Waals surface area contributed by atoms with Gasteiger partial charge < -0.3 is 4.90 Å². The summed E-state index contributed by atoms with van der Waals surface area (Å²) in [5, 5.41) is 0. The third-order valence-corrected chi connectivity index (χ3v) is 3.10. The molecule has 0 radical (unpaired) electrons. The van der Waals surface area contributed by atoms with Crippen molar-refractivity contribution >= 4 is 5.91 Å². The molecule has 1 fully saturated rings. The van der Waals surface area contributed by atoms with E-state index in [2.05, 4.69) is 9.88 Å². The van der Waals surface area contributed by atoms with Gasteiger partial charge in [0.05, 0.1) is 5.69 Å². The van der Waals surface area contributed by atoms with E-state index in [0.29, 0.717) is 0 Å². The average Bonchev–Trinajstić information content (AvgIpc) is 2.41. The van der Waals surface area contributed by atoms with Gasteiger partial charge in [-0.15, -0.1) is 0 Å². The van der Waals surface area contributed by atoms with Gasteiger partial charge >= 0.3 is 0 Å². The van der Waals surface area contributed by atoms with E-state index in [9.17, 15) is 4.79 Å². The van der Waals surface area contributed by atoms with E-state index in [1.807, 2.05) is 36.2 Å². The SMILES string of the molecule is CC=CC(=O)N1CCN(Cc2ccccn2)CC1. The van der Waals surface area contributed by atoms with Crippen molar-refractivity contribution in [3.8, 4) is 0 Å². The summed E-state index contributed by atoms with van der Waals surface area (Å²) in [7, 11) is 0. The molecule has 0 aliphatic carbocycles. The number of carbonyl (C=O) groups is 1. The van der Waals surface area contributed by atoms with Gasteiger partial charge in [-0.1, -0.05) is 12.1 Å². The van der Waals surface area contributed by atoms with Crippen LogP contribution in [0.25, 0.3) is 0 Å². The van der Waals surface area contributed by atoms with Crippen molar-refractivity contribution in [1.82, 2.24) is 14.8 Å². The highest BCUT2D eigenvalue weighted by atomic mass is 16.2. The number of allylic oxidation sites excluding steroid dienone is 1. The van der Waals surface area contributed by atoms with Crippen molar-refractivity contribution < 1.29 is 4.79 Å². The van der Waals surface area contributed by atoms with Crippen LogP contribution in [0.2, 0.25) is 0 Å². The van der Waals surface area contributed by atoms with E-state index in [1.54, 1.807) is 12.2 Å². The molecule has 1 saturated heterocycles. The predicted molar refractivity (Wildman–Crippen MR) is 70.9 cm³/mol. The first-order chi connectivity index (χ1) is 8.79. The molecule has 0 spiro atoms. The zero-order chi connectivity index (χ0) is 12.8. The number of hydrogen-bond acceptors (Lipinski definition) is 3. The molecule has 0 bridgehead atoms. The summed E-state index contributed by atoms with van der Waals surface area (Å²) in [6, 6.07) is 5.97. The lowest BCUT2D eigenvalue weighted by Crippen LogP contribution is -2.47. The fourth-order valence-electron chi connectivity index (χ4n) is 2.10. The number of amides is 1. The average molecular weight is 245 g/mol. The summed E-state index contributed by atoms with van der Waals surface area (Å²) >= 11 is 0. The lowest BCUT2D eigenvalue weighted by molar-refractivity contribution is -0.127. The van der Waals surface area contributed by atoms with Crippen LogP contribution < -0.4 is 0 Å². The van der Waals surface area contributed by atoms with Crippen molar-refractivity contribution in [3.63, 3.8) is 0 Å². The van der Waals surface area contributed by atoms with Gasteiger partial charge in [0.1, 0.15) is 0 Å². The molecule has 1 amide bonds. The predicted octanol–water partition coefficient (Wildman–Crippen LogP) is 1.30. The zero-order valence-corrected chi connectivity index (χ0v) is 10.7. The maximum Gasteiger partial charge on any atom is 0.246 e. The lowest BCUT2D eigenvalue weighted by Gasteiger charge is -2.34. The molecule has 0 N–H and O–H groups in total. The molecule has 96 valence electrons. The van der Waals surface area contributed by atoms with Crippen molar-refractivity contribution in [1.29, 1.82) is 0 Å². The zero-order valence-electron chi connectivity index (χ0n) is 10.7. The summed E-state index contributed by atoms with van der Waals surface area (Å²) < 4.78 is 0. The Labute approximate surface area is 108 Å². The second-order valence-electron chi connectivity index (χ2n) is 4.42. The molecule has 2 heterocycles. The molecule has 18 heavy (non-hydrogen) atoms. The van der Waals surface area contributed by atoms with Gasteiger partial charge in [0.25, 0.3) is 0 Å². The van der Waals surface area contributed by atoms with Crippen molar-refractivity contribution in [2.75, 3.05) is 26.2 Å². The molecule has 1 aromatic rings. The normalized spacial score (nSPS) is 17.3. The Morgan fingerprint density at radius 1 is 1.33 bits per heavy atom. The second-order valence-corrected chi connectivity index (χ2v) is 4.42. The molecule has 0 unspecified atom stereocenters. The van der Waals surface area contributed by atoms with Crippen molar-refractivity contribution in [2.45, 2.75) is 13.5 Å². The molecule has 1 aromatic heterocycles. The first-order valence-electron chi connectivity index (χ1n) is 6.33. The van der Waals surface area contributed by atoms with Crippen molar-refractivity contribution in [2.24, 2.45) is 0 Å². The first kappa shape index (κ1) is 12.8. The smallest absolute Gasteiger partial charge is 0.246 e. The minimum atomic E-state index is 0.120. The first-order valence-corrected chi connectivity index (χ1v) is 6.33. The Hall–Kier alpha value is -1.68. The van der Waals surface area contributed by atoms with Crippen LogP contribution in [0.15, 0.2) is 36.5 Å². The lowest BCUT2D eigenvalue weighted by atomic mass is 10.2. The van der Waals surface area contributed by atoms with Crippen LogP contribution in [0, 0.1) is 0 Å². The molecule has 4 heteroatoms. The van der Waals surface area contributed by atoms with Gasteiger partial charge in [0.2, 0.25) is 5.91 Å². The molecule has 0 saturated carbocycles. The molecular weight excluding hydrogens is 226 g/mol. The topological polar surface area (TPSA) is 36.4 Å². The fraction of sp³-hybridized carbons (Fsp3) is 0.429. The molecule has 4 nitrogen and oxygen atoms in total. The van der Waals surface area contributed by atoms with Crippen molar-refractivity contribution in [3.05, 3.63) is 42.2 Å². The van der Waals surface area contributed by atoms with Crippen LogP contribution >= 0.6 is 0 Å². The minimum absolute atomic E-state index is 0.120. The van der Waals surface area contributed by atoms with E-state index >= 15 is 0 Å². The van der Waals surface area contributed by atoms with Crippen LogP contribution in [0.4, 0.5) is 0 Å². The fourth-order valence-corrected chi connectivity index (χ4v) is 2.10. The van der Waals surface area contributed by atoms with Gasteiger partial charge in [-0.3, -0.25) is 14.7 Å². The highest BCUT2D eigenvalue weighted by Gasteiger charge is 2.19. The Morgan fingerprint density at radius 2 is 2.11 bits per heavy atom. The minimum Gasteiger partial charge on any atom is -0.337 e. The van der Waals surface area contributed by atoms with Gasteiger partial charge in [-0.05, 0) is 25.1 Å².